The Kier molecular flexibility index (Phi) is 3.24. The van der Waals surface area contributed by atoms with Gasteiger partial charge >= 0.3 is 0 Å². The highest BCUT2D eigenvalue weighted by molar-refractivity contribution is 5.52. The van der Waals surface area contributed by atoms with Crippen molar-refractivity contribution in [1.29, 1.82) is 0 Å². The number of aryl methyl sites for hydroxylation is 2. The molecule has 1 aromatic carbocycles. The number of H-pyrrole nitrogens is 1. The minimum atomic E-state index is -0.194. The van der Waals surface area contributed by atoms with Crippen LogP contribution in [0.25, 0.3) is 0 Å². The average Bonchev–Trinajstić information content (AvgIpc) is 2.32. The third-order valence-corrected chi connectivity index (χ3v) is 3.35. The highest BCUT2D eigenvalue weighted by Crippen LogP contribution is 2.19. The van der Waals surface area contributed by atoms with Crippen molar-refractivity contribution in [2.24, 2.45) is 0 Å². The number of pyridine rings is 1. The number of nitrogens with two attached hydrogens (primary N) is 1. The smallest absolute Gasteiger partial charge is 0.271 e. The number of nitrogens with one attached hydrogen (secondary N) is 1. The maximum atomic E-state index is 11.7. The summed E-state index contributed by atoms with van der Waals surface area (Å²) in [6.45, 7) is 5.95. The molecule has 0 fully saturated rings. The maximum absolute atomic E-state index is 11.7. The summed E-state index contributed by atoms with van der Waals surface area (Å²) in [6, 6.07) is 8.26. The Labute approximate surface area is 107 Å². The van der Waals surface area contributed by atoms with Gasteiger partial charge in [0.25, 0.3) is 5.56 Å². The zero-order chi connectivity index (χ0) is 13.3. The molecule has 18 heavy (non-hydrogen) atoms. The fourth-order valence-corrected chi connectivity index (χ4v) is 2.15. The van der Waals surface area contributed by atoms with E-state index in [0.29, 0.717) is 12.1 Å². The third-order valence-electron chi connectivity index (χ3n) is 3.35. The monoisotopic (exact) mass is 242 g/mol. The Balaban J connectivity index is 2.49. The second-order valence-corrected chi connectivity index (χ2v) is 4.76. The molecule has 3 heteroatoms. The fourth-order valence-electron chi connectivity index (χ4n) is 2.15. The summed E-state index contributed by atoms with van der Waals surface area (Å²) < 4.78 is 0. The Bertz CT molecular complexity index is 641. The largest absolute Gasteiger partial charge is 0.394 e. The summed E-state index contributed by atoms with van der Waals surface area (Å²) in [6.07, 6.45) is 0.699. The molecule has 2 rings (SSSR count). The van der Waals surface area contributed by atoms with Crippen LogP contribution in [0.5, 0.6) is 0 Å². The normalized spacial score (nSPS) is 10.6. The summed E-state index contributed by atoms with van der Waals surface area (Å²) >= 11 is 0. The average molecular weight is 242 g/mol. The van der Waals surface area contributed by atoms with Gasteiger partial charge in [0.15, 0.2) is 0 Å². The zero-order valence-electron chi connectivity index (χ0n) is 11.0. The Hall–Kier alpha value is -2.03. The van der Waals surface area contributed by atoms with E-state index in [9.17, 15) is 4.79 Å². The second-order valence-electron chi connectivity index (χ2n) is 4.76. The van der Waals surface area contributed by atoms with Crippen LogP contribution in [0.1, 0.15) is 27.9 Å². The van der Waals surface area contributed by atoms with E-state index in [2.05, 4.69) is 30.1 Å². The molecule has 3 N–H and O–H groups in total. The lowest BCUT2D eigenvalue weighted by Gasteiger charge is -2.11. The van der Waals surface area contributed by atoms with E-state index in [1.54, 1.807) is 0 Å². The number of aromatic nitrogens is 1. The lowest BCUT2D eigenvalue weighted by molar-refractivity contribution is 1.04. The Morgan fingerprint density at radius 3 is 2.61 bits per heavy atom. The molecule has 0 saturated carbocycles. The van der Waals surface area contributed by atoms with Gasteiger partial charge in [0.2, 0.25) is 0 Å². The summed E-state index contributed by atoms with van der Waals surface area (Å²) in [5.74, 6) is 0. The molecular formula is C15H18N2O. The number of nitrogen functional groups attached to an aromatic ring is 1. The molecule has 0 saturated heterocycles. The van der Waals surface area contributed by atoms with Gasteiger partial charge in [-0.3, -0.25) is 4.79 Å². The molecule has 1 heterocycles. The number of benzene rings is 1. The van der Waals surface area contributed by atoms with Gasteiger partial charge in [-0.25, -0.2) is 0 Å². The first-order valence-electron chi connectivity index (χ1n) is 6.02. The first-order valence-corrected chi connectivity index (χ1v) is 6.02. The molecule has 0 atom stereocenters. The quantitative estimate of drug-likeness (QED) is 0.850. The van der Waals surface area contributed by atoms with Crippen molar-refractivity contribution in [3.63, 3.8) is 0 Å². The summed E-state index contributed by atoms with van der Waals surface area (Å²) in [5, 5.41) is 0. The van der Waals surface area contributed by atoms with Crippen LogP contribution in [-0.2, 0) is 6.42 Å². The van der Waals surface area contributed by atoms with Crippen molar-refractivity contribution in [2.45, 2.75) is 27.2 Å². The highest BCUT2D eigenvalue weighted by Gasteiger charge is 2.10. The van der Waals surface area contributed by atoms with E-state index in [1.807, 2.05) is 19.9 Å². The van der Waals surface area contributed by atoms with Gasteiger partial charge in [0.05, 0.1) is 0 Å². The van der Waals surface area contributed by atoms with Gasteiger partial charge in [-0.05, 0) is 37.5 Å². The Morgan fingerprint density at radius 1 is 1.22 bits per heavy atom. The van der Waals surface area contributed by atoms with Crippen LogP contribution in [0.4, 0.5) is 5.69 Å². The number of hydrogen-bond donors (Lipinski definition) is 2. The van der Waals surface area contributed by atoms with Crippen LogP contribution in [0.15, 0.2) is 29.1 Å². The van der Waals surface area contributed by atoms with Crippen LogP contribution in [0.3, 0.4) is 0 Å². The zero-order valence-corrected chi connectivity index (χ0v) is 11.0. The van der Waals surface area contributed by atoms with Gasteiger partial charge in [0.1, 0.15) is 5.69 Å². The first-order chi connectivity index (χ1) is 8.49. The lowest BCUT2D eigenvalue weighted by atomic mass is 9.98. The molecule has 94 valence electrons. The van der Waals surface area contributed by atoms with Crippen LogP contribution >= 0.6 is 0 Å². The molecule has 0 aliphatic rings. The number of aromatic amines is 1. The van der Waals surface area contributed by atoms with Crippen LogP contribution in [0, 0.1) is 20.8 Å². The molecule has 2 aromatic rings. The molecule has 1 aromatic heterocycles. The fraction of sp³-hybridized carbons (Fsp3) is 0.267. The summed E-state index contributed by atoms with van der Waals surface area (Å²) in [5.41, 5.74) is 11.3. The molecular weight excluding hydrogens is 224 g/mol. The van der Waals surface area contributed by atoms with Crippen molar-refractivity contribution in [3.8, 4) is 0 Å². The number of anilines is 1. The van der Waals surface area contributed by atoms with Crippen molar-refractivity contribution < 1.29 is 0 Å². The van der Waals surface area contributed by atoms with Gasteiger partial charge in [-0.2, -0.15) is 0 Å². The van der Waals surface area contributed by atoms with Crippen LogP contribution < -0.4 is 11.3 Å². The van der Waals surface area contributed by atoms with Gasteiger partial charge in [-0.15, -0.1) is 0 Å². The van der Waals surface area contributed by atoms with Crippen molar-refractivity contribution >= 4 is 5.69 Å². The maximum Gasteiger partial charge on any atom is 0.271 e. The molecule has 0 unspecified atom stereocenters. The molecule has 0 aliphatic heterocycles. The van der Waals surface area contributed by atoms with E-state index in [0.717, 1.165) is 16.8 Å². The van der Waals surface area contributed by atoms with Crippen LogP contribution in [0.2, 0.25) is 0 Å². The molecule has 0 amide bonds. The number of rotatable bonds is 2. The van der Waals surface area contributed by atoms with E-state index < -0.39 is 0 Å². The predicted octanol–water partition coefficient (Wildman–Crippen LogP) is 2.47. The lowest BCUT2D eigenvalue weighted by Crippen LogP contribution is -2.18. The van der Waals surface area contributed by atoms with Crippen molar-refractivity contribution in [3.05, 3.63) is 62.6 Å². The molecule has 0 aliphatic carbocycles. The van der Waals surface area contributed by atoms with Crippen molar-refractivity contribution in [2.75, 3.05) is 5.73 Å². The minimum absolute atomic E-state index is 0.194. The SMILES string of the molecule is Cc1cccc(Cc2c(C)c(C)[nH]c(=O)c2N)c1. The number of hydrogen-bond acceptors (Lipinski definition) is 2. The first kappa shape index (κ1) is 12.4. The van der Waals surface area contributed by atoms with E-state index >= 15 is 0 Å². The second kappa shape index (κ2) is 4.69. The molecule has 3 nitrogen and oxygen atoms in total. The van der Waals surface area contributed by atoms with E-state index in [1.165, 1.54) is 11.1 Å². The predicted molar refractivity (Wildman–Crippen MR) is 74.9 cm³/mol. The summed E-state index contributed by atoms with van der Waals surface area (Å²) in [4.78, 5) is 14.5. The summed E-state index contributed by atoms with van der Waals surface area (Å²) in [7, 11) is 0. The standard InChI is InChI=1S/C15H18N2O/c1-9-5-4-6-12(7-9)8-13-10(2)11(3)17-15(18)14(13)16/h4-7H,8,16H2,1-3H3,(H,17,18). The highest BCUT2D eigenvalue weighted by atomic mass is 16.1. The van der Waals surface area contributed by atoms with Gasteiger partial charge in [-0.1, -0.05) is 29.8 Å². The van der Waals surface area contributed by atoms with Gasteiger partial charge < -0.3 is 10.7 Å². The van der Waals surface area contributed by atoms with Gasteiger partial charge in [0, 0.05) is 12.1 Å². The van der Waals surface area contributed by atoms with E-state index in [-0.39, 0.29) is 5.56 Å². The minimum Gasteiger partial charge on any atom is -0.394 e. The third kappa shape index (κ3) is 2.30. The van der Waals surface area contributed by atoms with Crippen LogP contribution in [-0.4, -0.2) is 4.98 Å². The molecule has 0 spiro atoms. The molecule has 0 radical (unpaired) electrons. The topological polar surface area (TPSA) is 58.9 Å². The Morgan fingerprint density at radius 2 is 1.94 bits per heavy atom. The van der Waals surface area contributed by atoms with E-state index in [4.69, 9.17) is 5.73 Å². The van der Waals surface area contributed by atoms with Crippen molar-refractivity contribution in [1.82, 2.24) is 4.98 Å². The molecule has 0 bridgehead atoms.